The molecule has 1 atom stereocenters. The molecule has 1 aliphatic rings. The third kappa shape index (κ3) is 4.29. The maximum absolute atomic E-state index is 13.0. The number of fused-ring (bicyclic) bond motifs is 1. The number of carbonyl (C=O) groups excluding carboxylic acids is 1. The number of carbonyl (C=O) groups is 1. The Morgan fingerprint density at radius 2 is 2.21 bits per heavy atom. The molecule has 0 aromatic carbocycles. The van der Waals surface area contributed by atoms with Crippen LogP contribution in [0.25, 0.3) is 10.2 Å². The lowest BCUT2D eigenvalue weighted by Crippen LogP contribution is -2.25. The van der Waals surface area contributed by atoms with E-state index in [0.717, 1.165) is 21.3 Å². The Balaban J connectivity index is 1.55. The average Bonchev–Trinajstić information content (AvgIpc) is 3.39. The van der Waals surface area contributed by atoms with Crippen LogP contribution in [0.3, 0.4) is 0 Å². The van der Waals surface area contributed by atoms with E-state index in [0.29, 0.717) is 30.2 Å². The standard InChI is InChI=1S/C19H22N4O3S3/c1-12-15-17(20-7-13-4-6-29(25,26)10-13)21-11-22-18(15)28-16(12)19(24)23(2)8-14-3-5-27-9-14/h3,5,9,11,13H,4,6-8,10H2,1-2H3,(H,20,21,22). The zero-order chi connectivity index (χ0) is 20.6. The maximum Gasteiger partial charge on any atom is 0.264 e. The Hall–Kier alpha value is -2.04. The van der Waals surface area contributed by atoms with Gasteiger partial charge in [0.15, 0.2) is 9.84 Å². The van der Waals surface area contributed by atoms with Crippen molar-refractivity contribution in [1.29, 1.82) is 0 Å². The molecule has 0 radical (unpaired) electrons. The van der Waals surface area contributed by atoms with Crippen molar-refractivity contribution in [2.45, 2.75) is 19.9 Å². The minimum absolute atomic E-state index is 0.0375. The Morgan fingerprint density at radius 3 is 2.90 bits per heavy atom. The third-order valence-corrected chi connectivity index (χ3v) is 8.91. The molecule has 4 heterocycles. The summed E-state index contributed by atoms with van der Waals surface area (Å²) in [6.07, 6.45) is 2.15. The first-order chi connectivity index (χ1) is 13.8. The van der Waals surface area contributed by atoms with Crippen molar-refractivity contribution in [3.8, 4) is 0 Å². The number of rotatable bonds is 6. The highest BCUT2D eigenvalue weighted by atomic mass is 32.2. The molecule has 29 heavy (non-hydrogen) atoms. The summed E-state index contributed by atoms with van der Waals surface area (Å²) in [6, 6.07) is 2.02. The van der Waals surface area contributed by atoms with E-state index in [4.69, 9.17) is 0 Å². The number of nitrogens with one attached hydrogen (secondary N) is 1. The van der Waals surface area contributed by atoms with Gasteiger partial charge in [-0.1, -0.05) is 0 Å². The summed E-state index contributed by atoms with van der Waals surface area (Å²) in [4.78, 5) is 24.8. The molecular formula is C19H22N4O3S3. The highest BCUT2D eigenvalue weighted by molar-refractivity contribution is 7.91. The van der Waals surface area contributed by atoms with Crippen LogP contribution in [0.1, 0.15) is 27.2 Å². The highest BCUT2D eigenvalue weighted by Crippen LogP contribution is 2.34. The number of aromatic nitrogens is 2. The van der Waals surface area contributed by atoms with E-state index in [1.165, 1.54) is 17.7 Å². The van der Waals surface area contributed by atoms with Gasteiger partial charge in [-0.25, -0.2) is 18.4 Å². The van der Waals surface area contributed by atoms with Gasteiger partial charge in [0.2, 0.25) is 0 Å². The van der Waals surface area contributed by atoms with Crippen LogP contribution in [0, 0.1) is 12.8 Å². The molecule has 1 unspecified atom stereocenters. The summed E-state index contributed by atoms with van der Waals surface area (Å²) in [5.74, 6) is 1.18. The smallest absolute Gasteiger partial charge is 0.264 e. The zero-order valence-electron chi connectivity index (χ0n) is 16.2. The molecule has 1 saturated heterocycles. The molecule has 4 rings (SSSR count). The van der Waals surface area contributed by atoms with Crippen molar-refractivity contribution in [3.05, 3.63) is 39.2 Å². The molecule has 0 aliphatic carbocycles. The van der Waals surface area contributed by atoms with Gasteiger partial charge in [0.1, 0.15) is 17.0 Å². The third-order valence-electron chi connectivity index (χ3n) is 5.15. The van der Waals surface area contributed by atoms with Gasteiger partial charge in [0.05, 0.1) is 21.8 Å². The van der Waals surface area contributed by atoms with E-state index < -0.39 is 9.84 Å². The van der Waals surface area contributed by atoms with E-state index in [2.05, 4.69) is 15.3 Å². The Kier molecular flexibility index (Phi) is 5.58. The number of nitrogens with zero attached hydrogens (tertiary/aromatic N) is 3. The highest BCUT2D eigenvalue weighted by Gasteiger charge is 2.28. The van der Waals surface area contributed by atoms with E-state index in [9.17, 15) is 13.2 Å². The van der Waals surface area contributed by atoms with E-state index in [1.54, 1.807) is 23.3 Å². The number of thiophene rings is 2. The molecule has 1 fully saturated rings. The number of aryl methyl sites for hydroxylation is 1. The number of amides is 1. The summed E-state index contributed by atoms with van der Waals surface area (Å²) in [6.45, 7) is 3.02. The molecule has 3 aromatic rings. The second-order valence-electron chi connectivity index (χ2n) is 7.40. The second kappa shape index (κ2) is 8.00. The SMILES string of the molecule is Cc1c(C(=O)N(C)Cc2ccsc2)sc2ncnc(NCC3CCS(=O)(=O)C3)c12. The molecule has 0 spiro atoms. The van der Waals surface area contributed by atoms with E-state index in [1.807, 2.05) is 23.8 Å². The van der Waals surface area contributed by atoms with Gasteiger partial charge < -0.3 is 10.2 Å². The van der Waals surface area contributed by atoms with E-state index >= 15 is 0 Å². The summed E-state index contributed by atoms with van der Waals surface area (Å²) in [7, 11) is -1.11. The van der Waals surface area contributed by atoms with Gasteiger partial charge in [-0.2, -0.15) is 11.3 Å². The quantitative estimate of drug-likeness (QED) is 0.620. The average molecular weight is 451 g/mol. The molecule has 1 amide bonds. The van der Waals surface area contributed by atoms with Gasteiger partial charge in [0.25, 0.3) is 5.91 Å². The zero-order valence-corrected chi connectivity index (χ0v) is 18.7. The number of sulfone groups is 1. The van der Waals surface area contributed by atoms with Crippen LogP contribution in [0.4, 0.5) is 5.82 Å². The van der Waals surface area contributed by atoms with Crippen molar-refractivity contribution in [2.24, 2.45) is 5.92 Å². The van der Waals surface area contributed by atoms with Gasteiger partial charge in [0, 0.05) is 20.1 Å². The first-order valence-corrected chi connectivity index (χ1v) is 12.9. The van der Waals surface area contributed by atoms with Gasteiger partial charge in [-0.05, 0) is 47.2 Å². The van der Waals surface area contributed by atoms with Crippen molar-refractivity contribution < 1.29 is 13.2 Å². The molecule has 154 valence electrons. The molecule has 0 bridgehead atoms. The molecule has 1 N–H and O–H groups in total. The van der Waals surface area contributed by atoms with Crippen LogP contribution in [-0.4, -0.2) is 54.3 Å². The fourth-order valence-electron chi connectivity index (χ4n) is 3.59. The molecule has 1 aliphatic heterocycles. The summed E-state index contributed by atoms with van der Waals surface area (Å²) < 4.78 is 23.4. The number of hydrogen-bond acceptors (Lipinski definition) is 8. The minimum Gasteiger partial charge on any atom is -0.369 e. The summed E-state index contributed by atoms with van der Waals surface area (Å²) in [5.41, 5.74) is 1.97. The van der Waals surface area contributed by atoms with Gasteiger partial charge in [-0.3, -0.25) is 4.79 Å². The predicted octanol–water partition coefficient (Wildman–Crippen LogP) is 3.18. The minimum atomic E-state index is -2.91. The fourth-order valence-corrected chi connectivity index (χ4v) is 7.25. The lowest BCUT2D eigenvalue weighted by molar-refractivity contribution is 0.0789. The van der Waals surface area contributed by atoms with Crippen LogP contribution in [-0.2, 0) is 16.4 Å². The lowest BCUT2D eigenvalue weighted by atomic mass is 10.1. The summed E-state index contributed by atoms with van der Waals surface area (Å²) >= 11 is 2.98. The number of anilines is 1. The monoisotopic (exact) mass is 450 g/mol. The fraction of sp³-hybridized carbons (Fsp3) is 0.421. The normalized spacial score (nSPS) is 18.2. The van der Waals surface area contributed by atoms with Crippen LogP contribution in [0.15, 0.2) is 23.2 Å². The largest absolute Gasteiger partial charge is 0.369 e. The molecule has 7 nitrogen and oxygen atoms in total. The van der Waals surface area contributed by atoms with Gasteiger partial charge >= 0.3 is 0 Å². The first-order valence-electron chi connectivity index (χ1n) is 9.29. The van der Waals surface area contributed by atoms with Crippen molar-refractivity contribution in [1.82, 2.24) is 14.9 Å². The van der Waals surface area contributed by atoms with Crippen LogP contribution in [0.2, 0.25) is 0 Å². The van der Waals surface area contributed by atoms with Crippen molar-refractivity contribution >= 4 is 54.5 Å². The lowest BCUT2D eigenvalue weighted by Gasteiger charge is -2.16. The van der Waals surface area contributed by atoms with E-state index in [-0.39, 0.29) is 23.3 Å². The van der Waals surface area contributed by atoms with Gasteiger partial charge in [-0.15, -0.1) is 11.3 Å². The molecule has 3 aromatic heterocycles. The van der Waals surface area contributed by atoms with Crippen LogP contribution in [0.5, 0.6) is 0 Å². The van der Waals surface area contributed by atoms with Crippen molar-refractivity contribution in [3.63, 3.8) is 0 Å². The van der Waals surface area contributed by atoms with Crippen LogP contribution >= 0.6 is 22.7 Å². The maximum atomic E-state index is 13.0. The molecule has 0 saturated carbocycles. The second-order valence-corrected chi connectivity index (χ2v) is 11.4. The molecular weight excluding hydrogens is 428 g/mol. The van der Waals surface area contributed by atoms with Crippen molar-refractivity contribution in [2.75, 3.05) is 30.4 Å². The van der Waals surface area contributed by atoms with Crippen LogP contribution < -0.4 is 5.32 Å². The predicted molar refractivity (Wildman–Crippen MR) is 118 cm³/mol. The first kappa shape index (κ1) is 20.2. The molecule has 10 heteroatoms. The number of hydrogen-bond donors (Lipinski definition) is 1. The Morgan fingerprint density at radius 1 is 1.38 bits per heavy atom. The Bertz CT molecular complexity index is 1140. The summed E-state index contributed by atoms with van der Waals surface area (Å²) in [5, 5.41) is 8.17. The Labute approximate surface area is 177 Å². The topological polar surface area (TPSA) is 92.3 Å².